The molecule has 0 aliphatic carbocycles. The van der Waals surface area contributed by atoms with Gasteiger partial charge in [0.1, 0.15) is 0 Å². The first kappa shape index (κ1) is 13.5. The Hall–Kier alpha value is -0.960. The molecule has 0 saturated carbocycles. The van der Waals surface area contributed by atoms with E-state index in [4.69, 9.17) is 11.6 Å². The molecule has 0 bridgehead atoms. The molecule has 2 rings (SSSR count). The van der Waals surface area contributed by atoms with Crippen molar-refractivity contribution in [1.29, 1.82) is 0 Å². The highest BCUT2D eigenvalue weighted by Crippen LogP contribution is 2.30. The molecule has 94 valence electrons. The smallest absolute Gasteiger partial charge is 0.0787 e. The highest BCUT2D eigenvalue weighted by molar-refractivity contribution is 7.99. The van der Waals surface area contributed by atoms with Crippen LogP contribution in [-0.2, 0) is 0 Å². The van der Waals surface area contributed by atoms with E-state index in [1.807, 2.05) is 55.5 Å². The molecule has 0 aromatic heterocycles. The number of benzene rings is 2. The molecule has 0 radical (unpaired) electrons. The fourth-order valence-corrected chi connectivity index (χ4v) is 2.79. The Morgan fingerprint density at radius 3 is 2.44 bits per heavy atom. The van der Waals surface area contributed by atoms with E-state index in [-0.39, 0.29) is 6.10 Å². The topological polar surface area (TPSA) is 20.2 Å². The molecule has 0 aliphatic heterocycles. The van der Waals surface area contributed by atoms with Crippen molar-refractivity contribution in [3.63, 3.8) is 0 Å². The van der Waals surface area contributed by atoms with Crippen molar-refractivity contribution in [3.8, 4) is 0 Å². The van der Waals surface area contributed by atoms with Gasteiger partial charge in [0, 0.05) is 14.8 Å². The summed E-state index contributed by atoms with van der Waals surface area (Å²) in [6, 6.07) is 15.8. The first-order chi connectivity index (χ1) is 8.69. The van der Waals surface area contributed by atoms with Crippen LogP contribution in [0, 0.1) is 0 Å². The first-order valence-electron chi connectivity index (χ1n) is 5.90. The van der Waals surface area contributed by atoms with E-state index < -0.39 is 0 Å². The van der Waals surface area contributed by atoms with Gasteiger partial charge in [0.05, 0.1) is 6.10 Å². The van der Waals surface area contributed by atoms with Gasteiger partial charge in [-0.25, -0.2) is 0 Å². The quantitative estimate of drug-likeness (QED) is 0.855. The van der Waals surface area contributed by atoms with E-state index >= 15 is 0 Å². The predicted octanol–water partition coefficient (Wildman–Crippen LogP) is 4.93. The lowest BCUT2D eigenvalue weighted by atomic mass is 10.1. The molecule has 0 fully saturated rings. The third kappa shape index (κ3) is 3.52. The zero-order valence-electron chi connectivity index (χ0n) is 10.1. The molecule has 1 N–H and O–H groups in total. The average Bonchev–Trinajstić information content (AvgIpc) is 2.39. The lowest BCUT2D eigenvalue weighted by Gasteiger charge is -2.08. The standard InChI is InChI=1S/C15H15ClOS/c1-2-15(17)11-6-8-13(9-7-11)18-14-5-3-4-12(16)10-14/h3-10,15,17H,2H2,1H3. The summed E-state index contributed by atoms with van der Waals surface area (Å²) in [5, 5.41) is 10.5. The van der Waals surface area contributed by atoms with E-state index in [0.717, 1.165) is 26.8 Å². The minimum Gasteiger partial charge on any atom is -0.388 e. The highest BCUT2D eigenvalue weighted by Gasteiger charge is 2.04. The van der Waals surface area contributed by atoms with Gasteiger partial charge in [-0.05, 0) is 42.3 Å². The summed E-state index contributed by atoms with van der Waals surface area (Å²) in [4.78, 5) is 2.26. The first-order valence-corrected chi connectivity index (χ1v) is 7.10. The van der Waals surface area contributed by atoms with E-state index in [0.29, 0.717) is 0 Å². The van der Waals surface area contributed by atoms with Crippen LogP contribution in [-0.4, -0.2) is 5.11 Å². The number of hydrogen-bond acceptors (Lipinski definition) is 2. The molecule has 1 unspecified atom stereocenters. The molecule has 0 spiro atoms. The lowest BCUT2D eigenvalue weighted by Crippen LogP contribution is -1.93. The Morgan fingerprint density at radius 2 is 1.83 bits per heavy atom. The normalized spacial score (nSPS) is 12.4. The number of halogens is 1. The Kier molecular flexibility index (Phi) is 4.70. The van der Waals surface area contributed by atoms with Crippen LogP contribution in [0.5, 0.6) is 0 Å². The maximum atomic E-state index is 9.72. The number of aliphatic hydroxyl groups is 1. The van der Waals surface area contributed by atoms with Crippen LogP contribution in [0.4, 0.5) is 0 Å². The molecule has 0 aliphatic rings. The maximum absolute atomic E-state index is 9.72. The van der Waals surface area contributed by atoms with Crippen molar-refractivity contribution in [2.24, 2.45) is 0 Å². The fourth-order valence-electron chi connectivity index (χ4n) is 1.66. The molecule has 2 aromatic carbocycles. The molecule has 18 heavy (non-hydrogen) atoms. The SMILES string of the molecule is CCC(O)c1ccc(Sc2cccc(Cl)c2)cc1. The molecule has 2 aromatic rings. The van der Waals surface area contributed by atoms with Crippen molar-refractivity contribution in [2.75, 3.05) is 0 Å². The Bertz CT molecular complexity index is 510. The molecular weight excluding hydrogens is 264 g/mol. The zero-order valence-corrected chi connectivity index (χ0v) is 11.7. The van der Waals surface area contributed by atoms with E-state index in [1.165, 1.54) is 0 Å². The van der Waals surface area contributed by atoms with Crippen LogP contribution in [0.15, 0.2) is 58.3 Å². The third-order valence-electron chi connectivity index (χ3n) is 2.68. The summed E-state index contributed by atoms with van der Waals surface area (Å²) >= 11 is 7.61. The van der Waals surface area contributed by atoms with Crippen LogP contribution in [0.3, 0.4) is 0 Å². The predicted molar refractivity (Wildman–Crippen MR) is 77.3 cm³/mol. The van der Waals surface area contributed by atoms with Crippen LogP contribution in [0.2, 0.25) is 5.02 Å². The Morgan fingerprint density at radius 1 is 1.11 bits per heavy atom. The van der Waals surface area contributed by atoms with Gasteiger partial charge in [-0.2, -0.15) is 0 Å². The second kappa shape index (κ2) is 6.28. The molecule has 0 saturated heterocycles. The van der Waals surface area contributed by atoms with E-state index in [2.05, 4.69) is 0 Å². The van der Waals surface area contributed by atoms with Gasteiger partial charge < -0.3 is 5.11 Å². The maximum Gasteiger partial charge on any atom is 0.0787 e. The monoisotopic (exact) mass is 278 g/mol. The van der Waals surface area contributed by atoms with Crippen molar-refractivity contribution in [3.05, 3.63) is 59.1 Å². The fraction of sp³-hybridized carbons (Fsp3) is 0.200. The largest absolute Gasteiger partial charge is 0.388 e. The molecule has 3 heteroatoms. The van der Waals surface area contributed by atoms with Gasteiger partial charge >= 0.3 is 0 Å². The van der Waals surface area contributed by atoms with E-state index in [9.17, 15) is 5.11 Å². The van der Waals surface area contributed by atoms with Crippen molar-refractivity contribution < 1.29 is 5.11 Å². The molecule has 1 nitrogen and oxygen atoms in total. The number of rotatable bonds is 4. The van der Waals surface area contributed by atoms with Crippen LogP contribution in [0.25, 0.3) is 0 Å². The average molecular weight is 279 g/mol. The van der Waals surface area contributed by atoms with Crippen LogP contribution in [0.1, 0.15) is 25.0 Å². The Balaban J connectivity index is 2.11. The summed E-state index contributed by atoms with van der Waals surface area (Å²) in [6.45, 7) is 1.97. The molecular formula is C15H15ClOS. The summed E-state index contributed by atoms with van der Waals surface area (Å²) in [6.07, 6.45) is 0.371. The molecule has 1 atom stereocenters. The second-order valence-electron chi connectivity index (χ2n) is 4.05. The van der Waals surface area contributed by atoms with Gasteiger partial charge in [0.2, 0.25) is 0 Å². The number of aliphatic hydroxyl groups excluding tert-OH is 1. The van der Waals surface area contributed by atoms with Crippen molar-refractivity contribution >= 4 is 23.4 Å². The Labute approximate surface area is 117 Å². The van der Waals surface area contributed by atoms with Crippen LogP contribution < -0.4 is 0 Å². The third-order valence-corrected chi connectivity index (χ3v) is 3.92. The van der Waals surface area contributed by atoms with Gasteiger partial charge in [-0.15, -0.1) is 0 Å². The second-order valence-corrected chi connectivity index (χ2v) is 5.64. The van der Waals surface area contributed by atoms with Gasteiger partial charge in [0.25, 0.3) is 0 Å². The van der Waals surface area contributed by atoms with Crippen LogP contribution >= 0.6 is 23.4 Å². The summed E-state index contributed by atoms with van der Waals surface area (Å²) < 4.78 is 0. The molecule has 0 amide bonds. The minimum atomic E-state index is -0.366. The summed E-state index contributed by atoms with van der Waals surface area (Å²) in [7, 11) is 0. The van der Waals surface area contributed by atoms with Gasteiger partial charge in [-0.3, -0.25) is 0 Å². The minimum absolute atomic E-state index is 0.366. The summed E-state index contributed by atoms with van der Waals surface area (Å²) in [5.74, 6) is 0. The summed E-state index contributed by atoms with van der Waals surface area (Å²) in [5.41, 5.74) is 0.966. The number of hydrogen-bond donors (Lipinski definition) is 1. The van der Waals surface area contributed by atoms with Gasteiger partial charge in [0.15, 0.2) is 0 Å². The lowest BCUT2D eigenvalue weighted by molar-refractivity contribution is 0.173. The highest BCUT2D eigenvalue weighted by atomic mass is 35.5. The van der Waals surface area contributed by atoms with Crippen molar-refractivity contribution in [2.45, 2.75) is 29.2 Å². The zero-order chi connectivity index (χ0) is 13.0. The van der Waals surface area contributed by atoms with Crippen molar-refractivity contribution in [1.82, 2.24) is 0 Å². The molecule has 0 heterocycles. The van der Waals surface area contributed by atoms with Gasteiger partial charge in [-0.1, -0.05) is 48.5 Å². The van der Waals surface area contributed by atoms with E-state index in [1.54, 1.807) is 11.8 Å².